The van der Waals surface area contributed by atoms with E-state index in [0.717, 1.165) is 4.90 Å². The Hall–Kier alpha value is -0.420. The van der Waals surface area contributed by atoms with Gasteiger partial charge in [-0.3, -0.25) is 4.79 Å². The van der Waals surface area contributed by atoms with Gasteiger partial charge in [0.25, 0.3) is 0 Å². The summed E-state index contributed by atoms with van der Waals surface area (Å²) in [6, 6.07) is 5.12. The van der Waals surface area contributed by atoms with Crippen LogP contribution in [0.2, 0.25) is 10.0 Å². The van der Waals surface area contributed by atoms with Crippen LogP contribution in [0.1, 0.15) is 20.8 Å². The predicted molar refractivity (Wildman–Crippen MR) is 81.1 cm³/mol. The third kappa shape index (κ3) is 5.22. The summed E-state index contributed by atoms with van der Waals surface area (Å²) in [5.41, 5.74) is -0.657. The average Bonchev–Trinajstić information content (AvgIpc) is 2.29. The third-order valence-corrected chi connectivity index (χ3v) is 4.49. The summed E-state index contributed by atoms with van der Waals surface area (Å²) in [5, 5.41) is 13.5. The molecular formula is C13H17Cl2NO2S. The SMILES string of the molecule is CC(O)C(C)(C)NC(=O)CSc1cc(Cl)ccc1Cl. The van der Waals surface area contributed by atoms with E-state index < -0.39 is 11.6 Å². The molecule has 2 N–H and O–H groups in total. The van der Waals surface area contributed by atoms with Crippen LogP contribution in [0.4, 0.5) is 0 Å². The van der Waals surface area contributed by atoms with Crippen LogP contribution >= 0.6 is 35.0 Å². The van der Waals surface area contributed by atoms with Crippen molar-refractivity contribution in [2.75, 3.05) is 5.75 Å². The van der Waals surface area contributed by atoms with Gasteiger partial charge in [-0.25, -0.2) is 0 Å². The fourth-order valence-electron chi connectivity index (χ4n) is 1.23. The van der Waals surface area contributed by atoms with Crippen molar-refractivity contribution in [3.05, 3.63) is 28.2 Å². The number of halogens is 2. The monoisotopic (exact) mass is 321 g/mol. The highest BCUT2D eigenvalue weighted by molar-refractivity contribution is 8.00. The number of aliphatic hydroxyl groups is 1. The molecule has 1 unspecified atom stereocenters. The Labute approximate surface area is 127 Å². The summed E-state index contributed by atoms with van der Waals surface area (Å²) >= 11 is 13.2. The van der Waals surface area contributed by atoms with Gasteiger partial charge in [-0.2, -0.15) is 0 Å². The number of carbonyl (C=O) groups is 1. The van der Waals surface area contributed by atoms with Crippen LogP contribution < -0.4 is 5.32 Å². The second kappa shape index (κ2) is 6.84. The van der Waals surface area contributed by atoms with Crippen LogP contribution in [0.15, 0.2) is 23.1 Å². The minimum absolute atomic E-state index is 0.160. The molecular weight excluding hydrogens is 305 g/mol. The number of rotatable bonds is 5. The molecule has 6 heteroatoms. The van der Waals surface area contributed by atoms with Crippen molar-refractivity contribution in [1.29, 1.82) is 0 Å². The van der Waals surface area contributed by atoms with Gasteiger partial charge in [0.15, 0.2) is 0 Å². The first kappa shape index (κ1) is 16.6. The summed E-state index contributed by atoms with van der Waals surface area (Å²) in [6.07, 6.45) is -0.629. The van der Waals surface area contributed by atoms with Gasteiger partial charge in [-0.05, 0) is 39.0 Å². The molecule has 0 aliphatic rings. The number of aliphatic hydroxyl groups excluding tert-OH is 1. The quantitative estimate of drug-likeness (QED) is 0.817. The van der Waals surface area contributed by atoms with Gasteiger partial charge in [-0.15, -0.1) is 11.8 Å². The van der Waals surface area contributed by atoms with E-state index >= 15 is 0 Å². The Kier molecular flexibility index (Phi) is 5.99. The molecule has 0 fully saturated rings. The van der Waals surface area contributed by atoms with Gasteiger partial charge in [0.2, 0.25) is 5.91 Å². The molecule has 0 radical (unpaired) electrons. The van der Waals surface area contributed by atoms with Gasteiger partial charge in [0.1, 0.15) is 0 Å². The molecule has 1 aromatic rings. The van der Waals surface area contributed by atoms with E-state index in [1.54, 1.807) is 39.0 Å². The molecule has 0 saturated heterocycles. The van der Waals surface area contributed by atoms with E-state index in [2.05, 4.69) is 5.32 Å². The van der Waals surface area contributed by atoms with E-state index in [1.165, 1.54) is 11.8 Å². The molecule has 1 rings (SSSR count). The minimum atomic E-state index is -0.657. The highest BCUT2D eigenvalue weighted by Gasteiger charge is 2.25. The lowest BCUT2D eigenvalue weighted by Crippen LogP contribution is -2.51. The molecule has 1 atom stereocenters. The first-order valence-corrected chi connectivity index (χ1v) is 7.53. The molecule has 0 bridgehead atoms. The molecule has 1 amide bonds. The smallest absolute Gasteiger partial charge is 0.230 e. The number of amides is 1. The Morgan fingerprint density at radius 3 is 2.68 bits per heavy atom. The Morgan fingerprint density at radius 2 is 2.11 bits per heavy atom. The maximum absolute atomic E-state index is 11.8. The second-order valence-corrected chi connectivity index (χ2v) is 6.67. The lowest BCUT2D eigenvalue weighted by Gasteiger charge is -2.29. The van der Waals surface area contributed by atoms with Crippen LogP contribution in [0.3, 0.4) is 0 Å². The lowest BCUT2D eigenvalue weighted by atomic mass is 9.99. The van der Waals surface area contributed by atoms with Crippen molar-refractivity contribution < 1.29 is 9.90 Å². The second-order valence-electron chi connectivity index (χ2n) is 4.81. The van der Waals surface area contributed by atoms with E-state index in [-0.39, 0.29) is 11.7 Å². The highest BCUT2D eigenvalue weighted by atomic mass is 35.5. The minimum Gasteiger partial charge on any atom is -0.391 e. The summed E-state index contributed by atoms with van der Waals surface area (Å²) in [4.78, 5) is 12.6. The lowest BCUT2D eigenvalue weighted by molar-refractivity contribution is -0.121. The summed E-state index contributed by atoms with van der Waals surface area (Å²) < 4.78 is 0. The van der Waals surface area contributed by atoms with Crippen LogP contribution in [0.25, 0.3) is 0 Å². The van der Waals surface area contributed by atoms with Crippen LogP contribution in [-0.4, -0.2) is 28.4 Å². The summed E-state index contributed by atoms with van der Waals surface area (Å²) in [6.45, 7) is 5.18. The van der Waals surface area contributed by atoms with E-state index in [9.17, 15) is 9.90 Å². The van der Waals surface area contributed by atoms with Gasteiger partial charge in [0, 0.05) is 9.92 Å². The number of thioether (sulfide) groups is 1. The number of benzene rings is 1. The summed E-state index contributed by atoms with van der Waals surface area (Å²) in [5.74, 6) is 0.0582. The topological polar surface area (TPSA) is 49.3 Å². The molecule has 0 aliphatic carbocycles. The largest absolute Gasteiger partial charge is 0.391 e. The zero-order valence-corrected chi connectivity index (χ0v) is 13.4. The molecule has 1 aromatic carbocycles. The molecule has 0 heterocycles. The van der Waals surface area contributed by atoms with Crippen molar-refractivity contribution in [2.24, 2.45) is 0 Å². The van der Waals surface area contributed by atoms with E-state index in [4.69, 9.17) is 23.2 Å². The fourth-order valence-corrected chi connectivity index (χ4v) is 2.52. The molecule has 0 spiro atoms. The number of hydrogen-bond donors (Lipinski definition) is 2. The average molecular weight is 322 g/mol. The maximum atomic E-state index is 11.8. The van der Waals surface area contributed by atoms with Crippen LogP contribution in [0.5, 0.6) is 0 Å². The fraction of sp³-hybridized carbons (Fsp3) is 0.462. The normalized spacial score (nSPS) is 13.2. The highest BCUT2D eigenvalue weighted by Crippen LogP contribution is 2.29. The zero-order valence-electron chi connectivity index (χ0n) is 11.0. The molecule has 0 aromatic heterocycles. The zero-order chi connectivity index (χ0) is 14.6. The van der Waals surface area contributed by atoms with Crippen molar-refractivity contribution in [2.45, 2.75) is 37.3 Å². The standard InChI is InChI=1S/C13H17Cl2NO2S/c1-8(17)13(2,3)16-12(18)7-19-11-6-9(14)4-5-10(11)15/h4-6,8,17H,7H2,1-3H3,(H,16,18). The maximum Gasteiger partial charge on any atom is 0.230 e. The Morgan fingerprint density at radius 1 is 1.47 bits per heavy atom. The van der Waals surface area contributed by atoms with Crippen molar-refractivity contribution in [3.63, 3.8) is 0 Å². The number of carbonyl (C=O) groups excluding carboxylic acids is 1. The molecule has 19 heavy (non-hydrogen) atoms. The third-order valence-electron chi connectivity index (χ3n) is 2.76. The van der Waals surface area contributed by atoms with Gasteiger partial charge in [-0.1, -0.05) is 23.2 Å². The molecule has 3 nitrogen and oxygen atoms in total. The number of nitrogens with one attached hydrogen (secondary N) is 1. The predicted octanol–water partition coefficient (Wildman–Crippen LogP) is 3.36. The van der Waals surface area contributed by atoms with Gasteiger partial charge in [0.05, 0.1) is 22.4 Å². The Bertz CT molecular complexity index is 464. The molecule has 0 aliphatic heterocycles. The van der Waals surface area contributed by atoms with E-state index in [0.29, 0.717) is 10.0 Å². The molecule has 0 saturated carbocycles. The van der Waals surface area contributed by atoms with E-state index in [1.807, 2.05) is 0 Å². The van der Waals surface area contributed by atoms with Gasteiger partial charge >= 0.3 is 0 Å². The first-order valence-electron chi connectivity index (χ1n) is 5.79. The van der Waals surface area contributed by atoms with Crippen LogP contribution in [0, 0.1) is 0 Å². The number of hydrogen-bond acceptors (Lipinski definition) is 3. The summed E-state index contributed by atoms with van der Waals surface area (Å²) in [7, 11) is 0. The van der Waals surface area contributed by atoms with Gasteiger partial charge < -0.3 is 10.4 Å². The Balaban J connectivity index is 2.57. The first-order chi connectivity index (χ1) is 8.72. The van der Waals surface area contributed by atoms with Crippen LogP contribution in [-0.2, 0) is 4.79 Å². The van der Waals surface area contributed by atoms with Crippen molar-refractivity contribution >= 4 is 40.9 Å². The molecule has 106 valence electrons. The van der Waals surface area contributed by atoms with Crippen molar-refractivity contribution in [3.8, 4) is 0 Å². The van der Waals surface area contributed by atoms with Crippen molar-refractivity contribution in [1.82, 2.24) is 5.32 Å².